The van der Waals surface area contributed by atoms with Crippen LogP contribution < -0.4 is 0 Å². The molecule has 3 rings (SSSR count). The Kier molecular flexibility index (Phi) is 2.00. The number of aromatic amines is 1. The van der Waals surface area contributed by atoms with Gasteiger partial charge >= 0.3 is 0 Å². The second kappa shape index (κ2) is 3.30. The Hall–Kier alpha value is -1.88. The van der Waals surface area contributed by atoms with Crippen LogP contribution in [0.2, 0.25) is 0 Å². The van der Waals surface area contributed by atoms with Crippen molar-refractivity contribution in [3.63, 3.8) is 0 Å². The van der Waals surface area contributed by atoms with E-state index in [1.54, 1.807) is 0 Å². The Morgan fingerprint density at radius 3 is 2.82 bits per heavy atom. The first-order chi connectivity index (χ1) is 8.11. The smallest absolute Gasteiger partial charge is 0.0807 e. The first-order valence-electron chi connectivity index (χ1n) is 6.00. The van der Waals surface area contributed by atoms with Gasteiger partial charge in [0, 0.05) is 12.7 Å². The number of aromatic nitrogens is 2. The molecule has 2 aromatic heterocycles. The molecule has 2 heterocycles. The van der Waals surface area contributed by atoms with Crippen LogP contribution in [-0.4, -0.2) is 9.55 Å². The number of H-pyrrole nitrogens is 1. The molecule has 0 fully saturated rings. The summed E-state index contributed by atoms with van der Waals surface area (Å²) < 4.78 is 2.26. The largest absolute Gasteiger partial charge is 0.356 e. The molecule has 1 N–H and O–H groups in total. The predicted molar refractivity (Wildman–Crippen MR) is 71.3 cm³/mol. The molecular weight excluding hydrogens is 208 g/mol. The van der Waals surface area contributed by atoms with Gasteiger partial charge in [0.05, 0.1) is 21.9 Å². The van der Waals surface area contributed by atoms with Gasteiger partial charge in [0.1, 0.15) is 0 Å². The monoisotopic (exact) mass is 224 g/mol. The van der Waals surface area contributed by atoms with Crippen molar-refractivity contribution < 1.29 is 0 Å². The van der Waals surface area contributed by atoms with Gasteiger partial charge in [-0.05, 0) is 30.5 Å². The highest BCUT2D eigenvalue weighted by Crippen LogP contribution is 2.34. The molecular formula is C15H16N2. The topological polar surface area (TPSA) is 20.7 Å². The molecule has 0 aliphatic carbocycles. The molecule has 0 aliphatic rings. The standard InChI is InChI=1S/C15H16N2/c1-9(2)13-10(3)16-14-11-7-5-6-8-12(11)17(4)15(13)14/h6,8-9,16H,1-4H3. The van der Waals surface area contributed by atoms with Crippen molar-refractivity contribution in [2.45, 2.75) is 26.7 Å². The molecule has 2 nitrogen and oxygen atoms in total. The van der Waals surface area contributed by atoms with Crippen LogP contribution >= 0.6 is 0 Å². The van der Waals surface area contributed by atoms with E-state index >= 15 is 0 Å². The highest BCUT2D eigenvalue weighted by molar-refractivity contribution is 6.07. The Labute approximate surface area is 101 Å². The van der Waals surface area contributed by atoms with Crippen molar-refractivity contribution >= 4 is 21.9 Å². The lowest BCUT2D eigenvalue weighted by Crippen LogP contribution is -1.94. The van der Waals surface area contributed by atoms with Gasteiger partial charge in [0.25, 0.3) is 0 Å². The summed E-state index contributed by atoms with van der Waals surface area (Å²) in [5, 5.41) is 1.14. The molecule has 0 aliphatic heterocycles. The van der Waals surface area contributed by atoms with E-state index in [0.29, 0.717) is 5.92 Å². The van der Waals surface area contributed by atoms with Gasteiger partial charge in [-0.1, -0.05) is 26.0 Å². The summed E-state index contributed by atoms with van der Waals surface area (Å²) in [5.74, 6) is 0.524. The van der Waals surface area contributed by atoms with Gasteiger partial charge < -0.3 is 9.55 Å². The lowest BCUT2D eigenvalue weighted by Gasteiger charge is -2.06. The Morgan fingerprint density at radius 1 is 1.35 bits per heavy atom. The normalized spacial score (nSPS) is 11.6. The van der Waals surface area contributed by atoms with Crippen LogP contribution in [0, 0.1) is 19.1 Å². The summed E-state index contributed by atoms with van der Waals surface area (Å²) in [6.07, 6.45) is 0. The van der Waals surface area contributed by atoms with Crippen molar-refractivity contribution in [2.75, 3.05) is 0 Å². The van der Waals surface area contributed by atoms with E-state index < -0.39 is 0 Å². The van der Waals surface area contributed by atoms with Crippen molar-refractivity contribution in [3.05, 3.63) is 35.5 Å². The summed E-state index contributed by atoms with van der Waals surface area (Å²) in [4.78, 5) is 3.50. The van der Waals surface area contributed by atoms with Gasteiger partial charge in [-0.25, -0.2) is 0 Å². The molecule has 0 saturated carbocycles. The summed E-state index contributed by atoms with van der Waals surface area (Å²) in [6, 6.07) is 10.3. The highest BCUT2D eigenvalue weighted by atomic mass is 15.0. The van der Waals surface area contributed by atoms with Crippen molar-refractivity contribution in [3.8, 4) is 0 Å². The average Bonchev–Trinajstić information content (AvgIpc) is 2.76. The summed E-state index contributed by atoms with van der Waals surface area (Å²) in [5.41, 5.74) is 6.39. The summed E-state index contributed by atoms with van der Waals surface area (Å²) in [7, 11) is 2.12. The van der Waals surface area contributed by atoms with E-state index in [2.05, 4.69) is 55.6 Å². The third kappa shape index (κ3) is 1.23. The number of fused-ring (bicyclic) bond motifs is 3. The maximum Gasteiger partial charge on any atom is 0.0807 e. The maximum absolute atomic E-state index is 3.50. The third-order valence-electron chi connectivity index (χ3n) is 3.51. The van der Waals surface area contributed by atoms with E-state index in [9.17, 15) is 0 Å². The van der Waals surface area contributed by atoms with E-state index in [4.69, 9.17) is 0 Å². The Bertz CT molecular complexity index is 698. The molecule has 0 amide bonds. The van der Waals surface area contributed by atoms with E-state index in [1.807, 2.05) is 6.07 Å². The fourth-order valence-corrected chi connectivity index (χ4v) is 2.83. The minimum Gasteiger partial charge on any atom is -0.356 e. The van der Waals surface area contributed by atoms with E-state index in [0.717, 1.165) is 5.39 Å². The Balaban J connectivity index is 2.56. The number of rotatable bonds is 1. The number of hydrogen-bond donors (Lipinski definition) is 1. The quantitative estimate of drug-likeness (QED) is 0.650. The van der Waals surface area contributed by atoms with E-state index in [1.165, 1.54) is 27.8 Å². The molecule has 0 bridgehead atoms. The second-order valence-corrected chi connectivity index (χ2v) is 4.96. The zero-order chi connectivity index (χ0) is 12.2. The lowest BCUT2D eigenvalue weighted by atomic mass is 10.0. The van der Waals surface area contributed by atoms with Crippen LogP contribution in [0.15, 0.2) is 12.1 Å². The second-order valence-electron chi connectivity index (χ2n) is 4.96. The number of aryl methyl sites for hydroxylation is 2. The molecule has 0 saturated heterocycles. The predicted octanol–water partition coefficient (Wildman–Crippen LogP) is 3.69. The van der Waals surface area contributed by atoms with Gasteiger partial charge in [-0.2, -0.15) is 0 Å². The molecule has 86 valence electrons. The Morgan fingerprint density at radius 2 is 2.12 bits per heavy atom. The van der Waals surface area contributed by atoms with Crippen molar-refractivity contribution in [1.82, 2.24) is 9.55 Å². The summed E-state index contributed by atoms with van der Waals surface area (Å²) >= 11 is 0. The van der Waals surface area contributed by atoms with Gasteiger partial charge in [-0.15, -0.1) is 0 Å². The van der Waals surface area contributed by atoms with Gasteiger partial charge in [-0.3, -0.25) is 0 Å². The molecule has 0 atom stereocenters. The van der Waals surface area contributed by atoms with Crippen molar-refractivity contribution in [1.29, 1.82) is 0 Å². The molecule has 0 unspecified atom stereocenters. The van der Waals surface area contributed by atoms with Gasteiger partial charge in [0.15, 0.2) is 0 Å². The SMILES string of the molecule is Cc1[nH]c2c3c#cccc3n(C)c2c1C(C)C. The molecule has 3 aromatic rings. The number of nitrogens with one attached hydrogen (secondary N) is 1. The van der Waals surface area contributed by atoms with Crippen LogP contribution in [0.3, 0.4) is 0 Å². The fraction of sp³-hybridized carbons (Fsp3) is 0.333. The molecule has 0 radical (unpaired) electrons. The van der Waals surface area contributed by atoms with Gasteiger partial charge in [0.2, 0.25) is 0 Å². The van der Waals surface area contributed by atoms with Crippen LogP contribution in [0.1, 0.15) is 31.0 Å². The zero-order valence-corrected chi connectivity index (χ0v) is 10.7. The average molecular weight is 224 g/mol. The number of hydrogen-bond acceptors (Lipinski definition) is 0. The summed E-state index contributed by atoms with van der Waals surface area (Å²) in [6.45, 7) is 6.63. The molecule has 2 heteroatoms. The highest BCUT2D eigenvalue weighted by Gasteiger charge is 2.18. The zero-order valence-electron chi connectivity index (χ0n) is 10.7. The number of nitrogens with zero attached hydrogens (tertiary/aromatic N) is 1. The molecule has 17 heavy (non-hydrogen) atoms. The molecule has 0 spiro atoms. The molecule has 1 aromatic carbocycles. The first kappa shape index (κ1) is 10.3. The minimum atomic E-state index is 0.524. The van der Waals surface area contributed by atoms with E-state index in [-0.39, 0.29) is 0 Å². The first-order valence-corrected chi connectivity index (χ1v) is 6.00. The lowest BCUT2D eigenvalue weighted by molar-refractivity contribution is 0.851. The third-order valence-corrected chi connectivity index (χ3v) is 3.51. The van der Waals surface area contributed by atoms with Crippen LogP contribution in [-0.2, 0) is 7.05 Å². The van der Waals surface area contributed by atoms with Crippen LogP contribution in [0.5, 0.6) is 0 Å². The maximum atomic E-state index is 3.50. The fourth-order valence-electron chi connectivity index (χ4n) is 2.83. The van der Waals surface area contributed by atoms with Crippen LogP contribution in [0.25, 0.3) is 21.9 Å². The van der Waals surface area contributed by atoms with Crippen molar-refractivity contribution in [2.24, 2.45) is 7.05 Å². The van der Waals surface area contributed by atoms with Crippen LogP contribution in [0.4, 0.5) is 0 Å². The minimum absolute atomic E-state index is 0.524.